The van der Waals surface area contributed by atoms with E-state index in [0.29, 0.717) is 36.2 Å². The lowest BCUT2D eigenvalue weighted by Gasteiger charge is -2.18. The van der Waals surface area contributed by atoms with Crippen LogP contribution < -0.4 is 0 Å². The third-order valence-corrected chi connectivity index (χ3v) is 4.36. The lowest BCUT2D eigenvalue weighted by atomic mass is 10.1. The van der Waals surface area contributed by atoms with Crippen LogP contribution in [0.3, 0.4) is 0 Å². The van der Waals surface area contributed by atoms with Crippen LogP contribution in [0.4, 0.5) is 0 Å². The Hall–Kier alpha value is -2.66. The number of carbonyl (C=O) groups excluding carboxylic acids is 1. The van der Waals surface area contributed by atoms with Gasteiger partial charge in [0.15, 0.2) is 0 Å². The van der Waals surface area contributed by atoms with Crippen LogP contribution in [0, 0.1) is 6.92 Å². The minimum atomic E-state index is 0.00454. The maximum absolute atomic E-state index is 12.6. The number of amides is 1. The van der Waals surface area contributed by atoms with Crippen LogP contribution in [-0.4, -0.2) is 27.5 Å². The number of nitrogens with zero attached hydrogens (tertiary/aromatic N) is 3. The Balaban J connectivity index is 1.67. The second kappa shape index (κ2) is 8.15. The molecule has 0 aliphatic carbocycles. The average molecular weight is 370 g/mol. The van der Waals surface area contributed by atoms with Crippen LogP contribution in [0.15, 0.2) is 53.1 Å². The molecule has 3 aromatic rings. The van der Waals surface area contributed by atoms with Gasteiger partial charge in [-0.3, -0.25) is 4.79 Å². The molecule has 5 nitrogen and oxygen atoms in total. The first-order valence-electron chi connectivity index (χ1n) is 8.47. The van der Waals surface area contributed by atoms with E-state index in [1.165, 1.54) is 5.56 Å². The van der Waals surface area contributed by atoms with Crippen molar-refractivity contribution in [1.82, 2.24) is 15.0 Å². The highest BCUT2D eigenvalue weighted by Gasteiger charge is 2.17. The Morgan fingerprint density at radius 2 is 1.81 bits per heavy atom. The Bertz CT molecular complexity index is 873. The second-order valence-electron chi connectivity index (χ2n) is 6.09. The number of aromatic nitrogens is 2. The summed E-state index contributed by atoms with van der Waals surface area (Å²) in [6.45, 7) is 4.81. The van der Waals surface area contributed by atoms with Gasteiger partial charge in [0.2, 0.25) is 17.6 Å². The Kier molecular flexibility index (Phi) is 5.68. The molecule has 0 bridgehead atoms. The van der Waals surface area contributed by atoms with Crippen molar-refractivity contribution >= 4 is 17.5 Å². The zero-order valence-electron chi connectivity index (χ0n) is 14.8. The second-order valence-corrected chi connectivity index (χ2v) is 6.53. The summed E-state index contributed by atoms with van der Waals surface area (Å²) in [6, 6.07) is 15.2. The standard InChI is InChI=1S/C20H20ClN3O2/c1-3-24(19(25)12-15-6-10-17(21)11-7-15)13-18-22-20(23-26-18)16-8-4-14(2)5-9-16/h4-11H,3,12-13H2,1-2H3. The Morgan fingerprint density at radius 1 is 1.12 bits per heavy atom. The molecule has 0 fully saturated rings. The number of aryl methyl sites for hydroxylation is 1. The van der Waals surface area contributed by atoms with Crippen LogP contribution in [0.25, 0.3) is 11.4 Å². The zero-order valence-corrected chi connectivity index (χ0v) is 15.5. The molecule has 3 rings (SSSR count). The zero-order chi connectivity index (χ0) is 18.5. The highest BCUT2D eigenvalue weighted by atomic mass is 35.5. The van der Waals surface area contributed by atoms with Gasteiger partial charge in [0.1, 0.15) is 0 Å². The van der Waals surface area contributed by atoms with Crippen LogP contribution in [-0.2, 0) is 17.8 Å². The SMILES string of the molecule is CCN(Cc1nc(-c2ccc(C)cc2)no1)C(=O)Cc1ccc(Cl)cc1. The molecule has 2 aromatic carbocycles. The minimum Gasteiger partial charge on any atom is -0.337 e. The van der Waals surface area contributed by atoms with E-state index in [-0.39, 0.29) is 5.91 Å². The quantitative estimate of drug-likeness (QED) is 0.650. The molecule has 0 radical (unpaired) electrons. The number of benzene rings is 2. The van der Waals surface area contributed by atoms with E-state index in [0.717, 1.165) is 11.1 Å². The van der Waals surface area contributed by atoms with Crippen molar-refractivity contribution in [2.24, 2.45) is 0 Å². The van der Waals surface area contributed by atoms with Crippen molar-refractivity contribution in [1.29, 1.82) is 0 Å². The van der Waals surface area contributed by atoms with E-state index >= 15 is 0 Å². The molecule has 0 saturated carbocycles. The monoisotopic (exact) mass is 369 g/mol. The van der Waals surface area contributed by atoms with Crippen LogP contribution >= 0.6 is 11.6 Å². The van der Waals surface area contributed by atoms with Gasteiger partial charge in [-0.05, 0) is 31.5 Å². The van der Waals surface area contributed by atoms with Gasteiger partial charge in [-0.25, -0.2) is 0 Å². The van der Waals surface area contributed by atoms with Gasteiger partial charge in [-0.2, -0.15) is 4.98 Å². The van der Waals surface area contributed by atoms with E-state index < -0.39 is 0 Å². The molecule has 6 heteroatoms. The molecule has 0 aliphatic heterocycles. The molecule has 1 heterocycles. The largest absolute Gasteiger partial charge is 0.337 e. The normalized spacial score (nSPS) is 10.7. The van der Waals surface area contributed by atoms with Gasteiger partial charge < -0.3 is 9.42 Å². The molecule has 0 unspecified atom stereocenters. The van der Waals surface area contributed by atoms with Gasteiger partial charge >= 0.3 is 0 Å². The predicted molar refractivity (Wildman–Crippen MR) is 101 cm³/mol. The van der Waals surface area contributed by atoms with Crippen molar-refractivity contribution in [2.75, 3.05) is 6.54 Å². The summed E-state index contributed by atoms with van der Waals surface area (Å²) in [7, 11) is 0. The molecule has 1 aromatic heterocycles. The third kappa shape index (κ3) is 4.49. The number of likely N-dealkylation sites (N-methyl/N-ethyl adjacent to an activating group) is 1. The van der Waals surface area contributed by atoms with Crippen molar-refractivity contribution < 1.29 is 9.32 Å². The summed E-state index contributed by atoms with van der Waals surface area (Å²) in [6.07, 6.45) is 0.309. The first kappa shape index (κ1) is 18.1. The molecule has 134 valence electrons. The van der Waals surface area contributed by atoms with Crippen molar-refractivity contribution in [3.05, 3.63) is 70.6 Å². The fraction of sp³-hybridized carbons (Fsp3) is 0.250. The Morgan fingerprint density at radius 3 is 2.46 bits per heavy atom. The van der Waals surface area contributed by atoms with Crippen molar-refractivity contribution in [3.63, 3.8) is 0 Å². The van der Waals surface area contributed by atoms with E-state index in [2.05, 4.69) is 10.1 Å². The molecule has 26 heavy (non-hydrogen) atoms. The molecule has 0 spiro atoms. The topological polar surface area (TPSA) is 59.2 Å². The number of rotatable bonds is 6. The maximum atomic E-state index is 12.6. The molecule has 0 aliphatic rings. The van der Waals surface area contributed by atoms with Crippen LogP contribution in [0.5, 0.6) is 0 Å². The van der Waals surface area contributed by atoms with Gasteiger partial charge in [-0.15, -0.1) is 0 Å². The third-order valence-electron chi connectivity index (χ3n) is 4.11. The van der Waals surface area contributed by atoms with Gasteiger partial charge in [-0.1, -0.05) is 58.7 Å². The summed E-state index contributed by atoms with van der Waals surface area (Å²) in [5.74, 6) is 0.956. The van der Waals surface area contributed by atoms with Gasteiger partial charge in [0.05, 0.1) is 13.0 Å². The van der Waals surface area contributed by atoms with E-state index in [1.54, 1.807) is 17.0 Å². The smallest absolute Gasteiger partial charge is 0.246 e. The summed E-state index contributed by atoms with van der Waals surface area (Å²) < 4.78 is 5.33. The highest BCUT2D eigenvalue weighted by Crippen LogP contribution is 2.17. The molecular formula is C20H20ClN3O2. The fourth-order valence-electron chi connectivity index (χ4n) is 2.57. The Labute approximate surface area is 157 Å². The maximum Gasteiger partial charge on any atom is 0.246 e. The predicted octanol–water partition coefficient (Wildman–Crippen LogP) is 4.29. The molecule has 0 atom stereocenters. The molecule has 1 amide bonds. The average Bonchev–Trinajstić information content (AvgIpc) is 3.11. The van der Waals surface area contributed by atoms with E-state index in [1.807, 2.05) is 50.2 Å². The molecule has 0 saturated heterocycles. The van der Waals surface area contributed by atoms with Gasteiger partial charge in [0.25, 0.3) is 0 Å². The first-order valence-corrected chi connectivity index (χ1v) is 8.85. The first-order chi connectivity index (χ1) is 12.5. The summed E-state index contributed by atoms with van der Waals surface area (Å²) in [5, 5.41) is 4.67. The summed E-state index contributed by atoms with van der Waals surface area (Å²) >= 11 is 5.88. The lowest BCUT2D eigenvalue weighted by molar-refractivity contribution is -0.131. The van der Waals surface area contributed by atoms with Crippen LogP contribution in [0.1, 0.15) is 23.9 Å². The van der Waals surface area contributed by atoms with Crippen molar-refractivity contribution in [3.8, 4) is 11.4 Å². The fourth-order valence-corrected chi connectivity index (χ4v) is 2.69. The number of hydrogen-bond acceptors (Lipinski definition) is 4. The molecule has 0 N–H and O–H groups in total. The summed E-state index contributed by atoms with van der Waals surface area (Å²) in [4.78, 5) is 18.7. The molecular weight excluding hydrogens is 350 g/mol. The van der Waals surface area contributed by atoms with E-state index in [9.17, 15) is 4.79 Å². The van der Waals surface area contributed by atoms with Crippen molar-refractivity contribution in [2.45, 2.75) is 26.8 Å². The number of hydrogen-bond donors (Lipinski definition) is 0. The number of carbonyl (C=O) groups is 1. The summed E-state index contributed by atoms with van der Waals surface area (Å²) in [5.41, 5.74) is 2.98. The lowest BCUT2D eigenvalue weighted by Crippen LogP contribution is -2.31. The van der Waals surface area contributed by atoms with E-state index in [4.69, 9.17) is 16.1 Å². The highest BCUT2D eigenvalue weighted by molar-refractivity contribution is 6.30. The van der Waals surface area contributed by atoms with Crippen LogP contribution in [0.2, 0.25) is 5.02 Å². The minimum absolute atomic E-state index is 0.00454. The number of halogens is 1. The van der Waals surface area contributed by atoms with Gasteiger partial charge in [0, 0.05) is 17.1 Å².